The van der Waals surface area contributed by atoms with Crippen LogP contribution in [0.4, 0.5) is 5.69 Å². The van der Waals surface area contributed by atoms with Crippen molar-refractivity contribution in [2.24, 2.45) is 0 Å². The lowest BCUT2D eigenvalue weighted by molar-refractivity contribution is 0.142. The van der Waals surface area contributed by atoms with E-state index >= 15 is 0 Å². The fourth-order valence-corrected chi connectivity index (χ4v) is 2.29. The molecule has 0 aliphatic heterocycles. The lowest BCUT2D eigenvalue weighted by Gasteiger charge is -2.18. The molecular weight excluding hydrogens is 358 g/mol. The molecule has 0 aliphatic carbocycles. The molecule has 0 saturated carbocycles. The van der Waals surface area contributed by atoms with Crippen LogP contribution in [-0.4, -0.2) is 31.5 Å². The van der Waals surface area contributed by atoms with Crippen LogP contribution in [0.25, 0.3) is 0 Å². The van der Waals surface area contributed by atoms with E-state index in [4.69, 9.17) is 15.7 Å². The van der Waals surface area contributed by atoms with Crippen LogP contribution in [-0.2, 0) is 4.74 Å². The quantitative estimate of drug-likeness (QED) is 0.477. The number of halogens is 2. The number of nitrogens with two attached hydrogens (primary N) is 1. The minimum Gasteiger partial charge on any atom is -0.397 e. The van der Waals surface area contributed by atoms with Crippen LogP contribution in [0.5, 0.6) is 0 Å². The summed E-state index contributed by atoms with van der Waals surface area (Å²) in [6.07, 6.45) is 0.867. The number of hydrogen-bond acceptors (Lipinski definition) is 5. The molecule has 1 aromatic carbocycles. The molecule has 0 amide bonds. The summed E-state index contributed by atoms with van der Waals surface area (Å²) in [5.41, 5.74) is 7.45. The predicted molar refractivity (Wildman–Crippen MR) is 89.5 cm³/mol. The molecule has 118 valence electrons. The van der Waals surface area contributed by atoms with Crippen molar-refractivity contribution in [2.45, 2.75) is 19.4 Å². The number of aliphatic hydroxyl groups excluding tert-OH is 1. The van der Waals surface area contributed by atoms with Crippen LogP contribution in [0.2, 0.25) is 0 Å². The van der Waals surface area contributed by atoms with Gasteiger partial charge in [0, 0.05) is 17.7 Å². The number of hydrogen-bond donors (Lipinski definition) is 3. The maximum Gasteiger partial charge on any atom is 0.101 e. The Morgan fingerprint density at radius 3 is 2.81 bits per heavy atom. The van der Waals surface area contributed by atoms with Gasteiger partial charge in [0.15, 0.2) is 0 Å². The van der Waals surface area contributed by atoms with Gasteiger partial charge in [0.05, 0.1) is 23.9 Å². The molecule has 0 spiro atoms. The summed E-state index contributed by atoms with van der Waals surface area (Å²) in [7, 11) is 0. The largest absolute Gasteiger partial charge is 0.397 e. The van der Waals surface area contributed by atoms with Gasteiger partial charge in [-0.1, -0.05) is 0 Å². The normalized spacial score (nSPS) is 11.5. The van der Waals surface area contributed by atoms with E-state index in [1.54, 1.807) is 6.07 Å². The number of nitriles is 1. The number of nitrogens with one attached hydrogen (secondary N) is 1. The van der Waals surface area contributed by atoms with Crippen molar-refractivity contribution in [3.63, 3.8) is 0 Å². The van der Waals surface area contributed by atoms with Crippen molar-refractivity contribution in [3.8, 4) is 6.07 Å². The van der Waals surface area contributed by atoms with Gasteiger partial charge in [0.1, 0.15) is 6.07 Å². The zero-order valence-corrected chi connectivity index (χ0v) is 14.3. The molecule has 1 unspecified atom stereocenters. The molecule has 1 atom stereocenters. The summed E-state index contributed by atoms with van der Waals surface area (Å²) < 4.78 is 5.92. The summed E-state index contributed by atoms with van der Waals surface area (Å²) >= 11 is 3.33. The molecule has 0 aromatic heterocycles. The fourth-order valence-electron chi connectivity index (χ4n) is 1.82. The SMILES string of the molecule is CCOCCCNC(CO)c1cc(Br)c(N)c(C#N)c1.Cl. The highest BCUT2D eigenvalue weighted by Gasteiger charge is 2.13. The summed E-state index contributed by atoms with van der Waals surface area (Å²) in [5, 5.41) is 21.8. The van der Waals surface area contributed by atoms with Crippen LogP contribution >= 0.6 is 28.3 Å². The number of anilines is 1. The molecular formula is C14H21BrClN3O2. The standard InChI is InChI=1S/C14H20BrN3O2.ClH/c1-2-20-5-3-4-18-13(9-19)10-6-11(8-16)14(17)12(15)7-10;/h6-7,13,18-19H,2-5,9,17H2,1H3;1H. The Hall–Kier alpha value is -0.840. The van der Waals surface area contributed by atoms with Gasteiger partial charge in [0.25, 0.3) is 0 Å². The maximum absolute atomic E-state index is 9.48. The molecule has 0 aliphatic rings. The Labute approximate surface area is 140 Å². The zero-order chi connectivity index (χ0) is 15.0. The molecule has 0 bridgehead atoms. The van der Waals surface area contributed by atoms with E-state index in [1.165, 1.54) is 0 Å². The molecule has 5 nitrogen and oxygen atoms in total. The molecule has 21 heavy (non-hydrogen) atoms. The van der Waals surface area contributed by atoms with E-state index in [1.807, 2.05) is 13.0 Å². The van der Waals surface area contributed by atoms with E-state index in [-0.39, 0.29) is 25.1 Å². The molecule has 0 radical (unpaired) electrons. The third kappa shape index (κ3) is 6.20. The van der Waals surface area contributed by atoms with Gasteiger partial charge in [-0.2, -0.15) is 5.26 Å². The third-order valence-corrected chi connectivity index (χ3v) is 3.57. The van der Waals surface area contributed by atoms with Gasteiger partial charge in [-0.25, -0.2) is 0 Å². The van der Waals surface area contributed by atoms with Crippen molar-refractivity contribution in [2.75, 3.05) is 32.1 Å². The lowest BCUT2D eigenvalue weighted by Crippen LogP contribution is -2.26. The number of benzene rings is 1. The molecule has 0 saturated heterocycles. The van der Waals surface area contributed by atoms with Crippen LogP contribution < -0.4 is 11.1 Å². The van der Waals surface area contributed by atoms with Crippen LogP contribution in [0.3, 0.4) is 0 Å². The van der Waals surface area contributed by atoms with Gasteiger partial charge in [-0.3, -0.25) is 0 Å². The lowest BCUT2D eigenvalue weighted by atomic mass is 10.0. The first kappa shape index (κ1) is 20.2. The van der Waals surface area contributed by atoms with Crippen LogP contribution in [0.1, 0.15) is 30.5 Å². The Balaban J connectivity index is 0.00000400. The predicted octanol–water partition coefficient (Wildman–Crippen LogP) is 2.37. The van der Waals surface area contributed by atoms with Gasteiger partial charge in [-0.05, 0) is 53.5 Å². The summed E-state index contributed by atoms with van der Waals surface area (Å²) in [5.74, 6) is 0. The van der Waals surface area contributed by atoms with E-state index in [2.05, 4.69) is 27.3 Å². The van der Waals surface area contributed by atoms with Crippen molar-refractivity contribution < 1.29 is 9.84 Å². The Kier molecular flexibility index (Phi) is 10.4. The highest BCUT2D eigenvalue weighted by Crippen LogP contribution is 2.27. The van der Waals surface area contributed by atoms with Gasteiger partial charge in [0.2, 0.25) is 0 Å². The Bertz CT molecular complexity index is 480. The minimum absolute atomic E-state index is 0. The number of rotatable bonds is 8. The molecule has 1 rings (SSSR count). The van der Waals surface area contributed by atoms with Crippen molar-refractivity contribution in [1.29, 1.82) is 5.26 Å². The van der Waals surface area contributed by atoms with Crippen LogP contribution in [0, 0.1) is 11.3 Å². The minimum atomic E-state index is -0.222. The van der Waals surface area contributed by atoms with Crippen molar-refractivity contribution >= 4 is 34.0 Å². The number of aliphatic hydroxyl groups is 1. The Morgan fingerprint density at radius 1 is 1.52 bits per heavy atom. The highest BCUT2D eigenvalue weighted by atomic mass is 79.9. The first-order valence-electron chi connectivity index (χ1n) is 6.55. The van der Waals surface area contributed by atoms with Gasteiger partial charge in [-0.15, -0.1) is 12.4 Å². The second-order valence-electron chi connectivity index (χ2n) is 4.32. The maximum atomic E-state index is 9.48. The third-order valence-electron chi connectivity index (χ3n) is 2.92. The topological polar surface area (TPSA) is 91.3 Å². The first-order chi connectivity index (χ1) is 9.63. The average molecular weight is 379 g/mol. The second kappa shape index (κ2) is 10.8. The first-order valence-corrected chi connectivity index (χ1v) is 7.34. The summed E-state index contributed by atoms with van der Waals surface area (Å²) in [6.45, 7) is 4.04. The number of nitrogens with zero attached hydrogens (tertiary/aromatic N) is 1. The van der Waals surface area contributed by atoms with E-state index in [0.717, 1.165) is 18.5 Å². The molecule has 0 heterocycles. The molecule has 7 heteroatoms. The average Bonchev–Trinajstić information content (AvgIpc) is 2.46. The Morgan fingerprint density at radius 2 is 2.24 bits per heavy atom. The highest BCUT2D eigenvalue weighted by molar-refractivity contribution is 9.10. The smallest absolute Gasteiger partial charge is 0.101 e. The van der Waals surface area contributed by atoms with E-state index < -0.39 is 0 Å². The van der Waals surface area contributed by atoms with Gasteiger partial charge < -0.3 is 20.9 Å². The molecule has 0 fully saturated rings. The van der Waals surface area contributed by atoms with Crippen molar-refractivity contribution in [3.05, 3.63) is 27.7 Å². The molecule has 4 N–H and O–H groups in total. The zero-order valence-electron chi connectivity index (χ0n) is 11.9. The van der Waals surface area contributed by atoms with Crippen LogP contribution in [0.15, 0.2) is 16.6 Å². The van der Waals surface area contributed by atoms with Crippen molar-refractivity contribution in [1.82, 2.24) is 5.32 Å². The second-order valence-corrected chi connectivity index (χ2v) is 5.17. The number of ether oxygens (including phenoxy) is 1. The summed E-state index contributed by atoms with van der Waals surface area (Å²) in [4.78, 5) is 0. The fraction of sp³-hybridized carbons (Fsp3) is 0.500. The number of nitrogen functional groups attached to an aromatic ring is 1. The summed E-state index contributed by atoms with van der Waals surface area (Å²) in [6, 6.07) is 5.36. The molecule has 1 aromatic rings. The van der Waals surface area contributed by atoms with E-state index in [9.17, 15) is 5.11 Å². The monoisotopic (exact) mass is 377 g/mol. The van der Waals surface area contributed by atoms with E-state index in [0.29, 0.717) is 28.9 Å². The van der Waals surface area contributed by atoms with Gasteiger partial charge >= 0.3 is 0 Å².